The van der Waals surface area contributed by atoms with Gasteiger partial charge in [-0.1, -0.05) is 12.1 Å². The molecule has 4 heteroatoms. The second-order valence-electron chi connectivity index (χ2n) is 4.09. The van der Waals surface area contributed by atoms with Gasteiger partial charge in [0, 0.05) is 24.0 Å². The van der Waals surface area contributed by atoms with Gasteiger partial charge in [-0.25, -0.2) is 0 Å². The first-order valence-electron chi connectivity index (χ1n) is 5.50. The van der Waals surface area contributed by atoms with E-state index in [9.17, 15) is 0 Å². The molecule has 1 heterocycles. The first-order valence-corrected chi connectivity index (χ1v) is 6.48. The fraction of sp³-hybridized carbons (Fsp3) is 0.500. The molecule has 16 heavy (non-hydrogen) atoms. The first kappa shape index (κ1) is 13.7. The number of rotatable bonds is 2. The summed E-state index contributed by atoms with van der Waals surface area (Å²) in [6, 6.07) is 8.87. The molecule has 0 fully saturated rings. The van der Waals surface area contributed by atoms with E-state index in [0.29, 0.717) is 0 Å². The smallest absolute Gasteiger partial charge is 0.0504 e. The van der Waals surface area contributed by atoms with Gasteiger partial charge in [-0.2, -0.15) is 0 Å². The van der Waals surface area contributed by atoms with Gasteiger partial charge in [0.25, 0.3) is 0 Å². The van der Waals surface area contributed by atoms with Crippen molar-refractivity contribution in [2.24, 2.45) is 5.73 Å². The van der Waals surface area contributed by atoms with Crippen LogP contribution in [0.2, 0.25) is 0 Å². The Morgan fingerprint density at radius 3 is 2.94 bits per heavy atom. The van der Waals surface area contributed by atoms with Crippen molar-refractivity contribution in [2.45, 2.75) is 24.3 Å². The summed E-state index contributed by atoms with van der Waals surface area (Å²) in [5.74, 6) is 1.21. The fourth-order valence-corrected chi connectivity index (χ4v) is 2.95. The van der Waals surface area contributed by atoms with E-state index in [1.165, 1.54) is 22.8 Å². The SMILES string of the molecule is CC(N)CN1CCCSc2ccccc21.Cl. The van der Waals surface area contributed by atoms with Crippen LogP contribution in [-0.2, 0) is 0 Å². The van der Waals surface area contributed by atoms with Crippen LogP contribution in [0.3, 0.4) is 0 Å². The van der Waals surface area contributed by atoms with Gasteiger partial charge in [-0.3, -0.25) is 0 Å². The zero-order chi connectivity index (χ0) is 10.7. The monoisotopic (exact) mass is 258 g/mol. The average Bonchev–Trinajstić information content (AvgIpc) is 2.41. The minimum atomic E-state index is 0. The van der Waals surface area contributed by atoms with Crippen LogP contribution < -0.4 is 10.6 Å². The largest absolute Gasteiger partial charge is 0.369 e. The summed E-state index contributed by atoms with van der Waals surface area (Å²) in [5.41, 5.74) is 7.24. The summed E-state index contributed by atoms with van der Waals surface area (Å²) in [6.07, 6.45) is 1.24. The van der Waals surface area contributed by atoms with Crippen LogP contribution in [-0.4, -0.2) is 24.9 Å². The Bertz CT molecular complexity index is 331. The van der Waals surface area contributed by atoms with Gasteiger partial charge < -0.3 is 10.6 Å². The molecule has 0 bridgehead atoms. The third-order valence-corrected chi connectivity index (χ3v) is 3.69. The lowest BCUT2D eigenvalue weighted by atomic mass is 10.2. The second-order valence-corrected chi connectivity index (χ2v) is 5.23. The van der Waals surface area contributed by atoms with Gasteiger partial charge in [-0.05, 0) is 31.2 Å². The summed E-state index contributed by atoms with van der Waals surface area (Å²) >= 11 is 1.96. The molecule has 0 aromatic heterocycles. The van der Waals surface area contributed by atoms with Crippen LogP contribution in [0.1, 0.15) is 13.3 Å². The number of thioether (sulfide) groups is 1. The van der Waals surface area contributed by atoms with Crippen molar-refractivity contribution in [3.05, 3.63) is 24.3 Å². The second kappa shape index (κ2) is 6.38. The molecule has 0 radical (unpaired) electrons. The Labute approximate surface area is 108 Å². The molecule has 2 N–H and O–H groups in total. The maximum Gasteiger partial charge on any atom is 0.0504 e. The quantitative estimate of drug-likeness (QED) is 0.885. The maximum atomic E-state index is 5.88. The van der Waals surface area contributed by atoms with Crippen molar-refractivity contribution < 1.29 is 0 Å². The van der Waals surface area contributed by atoms with E-state index >= 15 is 0 Å². The van der Waals surface area contributed by atoms with Crippen LogP contribution >= 0.6 is 24.2 Å². The van der Waals surface area contributed by atoms with Crippen molar-refractivity contribution in [3.8, 4) is 0 Å². The molecule has 1 aliphatic heterocycles. The lowest BCUT2D eigenvalue weighted by Crippen LogP contribution is -2.36. The number of benzene rings is 1. The summed E-state index contributed by atoms with van der Waals surface area (Å²) in [7, 11) is 0. The Morgan fingerprint density at radius 2 is 2.19 bits per heavy atom. The number of hydrogen-bond donors (Lipinski definition) is 1. The van der Waals surface area contributed by atoms with Gasteiger partial charge in [-0.15, -0.1) is 24.2 Å². The molecule has 0 aliphatic carbocycles. The number of nitrogens with zero attached hydrogens (tertiary/aromatic N) is 1. The lowest BCUT2D eigenvalue weighted by Gasteiger charge is -2.26. The van der Waals surface area contributed by atoms with E-state index in [2.05, 4.69) is 36.1 Å². The predicted molar refractivity (Wildman–Crippen MR) is 74.9 cm³/mol. The highest BCUT2D eigenvalue weighted by Gasteiger charge is 2.15. The highest BCUT2D eigenvalue weighted by Crippen LogP contribution is 2.33. The molecule has 2 nitrogen and oxygen atoms in total. The van der Waals surface area contributed by atoms with Crippen molar-refractivity contribution in [2.75, 3.05) is 23.7 Å². The molecular formula is C12H19ClN2S. The van der Waals surface area contributed by atoms with Crippen LogP contribution in [0.25, 0.3) is 0 Å². The Hall–Kier alpha value is -0.380. The molecule has 1 atom stereocenters. The first-order chi connectivity index (χ1) is 7.27. The number of hydrogen-bond acceptors (Lipinski definition) is 3. The van der Waals surface area contributed by atoms with Crippen molar-refractivity contribution in [3.63, 3.8) is 0 Å². The van der Waals surface area contributed by atoms with Gasteiger partial charge in [0.1, 0.15) is 0 Å². The number of anilines is 1. The molecule has 0 saturated heterocycles. The van der Waals surface area contributed by atoms with E-state index in [-0.39, 0.29) is 18.4 Å². The maximum absolute atomic E-state index is 5.88. The molecule has 0 amide bonds. The van der Waals surface area contributed by atoms with Crippen LogP contribution in [0.4, 0.5) is 5.69 Å². The average molecular weight is 259 g/mol. The highest BCUT2D eigenvalue weighted by atomic mass is 35.5. The number of fused-ring (bicyclic) bond motifs is 1. The van der Waals surface area contributed by atoms with Gasteiger partial charge in [0.05, 0.1) is 5.69 Å². The Kier molecular flexibility index (Phi) is 5.46. The minimum absolute atomic E-state index is 0. The summed E-state index contributed by atoms with van der Waals surface area (Å²) in [4.78, 5) is 3.82. The highest BCUT2D eigenvalue weighted by molar-refractivity contribution is 7.99. The summed E-state index contributed by atoms with van der Waals surface area (Å²) in [6.45, 7) is 4.16. The summed E-state index contributed by atoms with van der Waals surface area (Å²) in [5, 5.41) is 0. The fourth-order valence-electron chi connectivity index (χ4n) is 1.94. The molecule has 0 spiro atoms. The van der Waals surface area contributed by atoms with Crippen molar-refractivity contribution in [1.82, 2.24) is 0 Å². The zero-order valence-electron chi connectivity index (χ0n) is 9.56. The molecule has 0 saturated carbocycles. The topological polar surface area (TPSA) is 29.3 Å². The number of halogens is 1. The van der Waals surface area contributed by atoms with Gasteiger partial charge >= 0.3 is 0 Å². The van der Waals surface area contributed by atoms with E-state index < -0.39 is 0 Å². The molecule has 1 aliphatic rings. The lowest BCUT2D eigenvalue weighted by molar-refractivity contribution is 0.669. The molecule has 2 rings (SSSR count). The predicted octanol–water partition coefficient (Wildman–Crippen LogP) is 2.76. The van der Waals surface area contributed by atoms with E-state index in [0.717, 1.165) is 13.1 Å². The van der Waals surface area contributed by atoms with Gasteiger partial charge in [0.15, 0.2) is 0 Å². The Morgan fingerprint density at radius 1 is 1.44 bits per heavy atom. The number of nitrogens with two attached hydrogens (primary N) is 1. The third-order valence-electron chi connectivity index (χ3n) is 2.54. The number of para-hydroxylation sites is 1. The zero-order valence-corrected chi connectivity index (χ0v) is 11.2. The minimum Gasteiger partial charge on any atom is -0.369 e. The van der Waals surface area contributed by atoms with Crippen LogP contribution in [0.15, 0.2) is 29.2 Å². The molecule has 1 aromatic carbocycles. The Balaban J connectivity index is 0.00000128. The third kappa shape index (κ3) is 3.30. The van der Waals surface area contributed by atoms with Crippen molar-refractivity contribution in [1.29, 1.82) is 0 Å². The van der Waals surface area contributed by atoms with Crippen molar-refractivity contribution >= 4 is 29.9 Å². The van der Waals surface area contributed by atoms with E-state index in [4.69, 9.17) is 5.73 Å². The molecule has 1 aromatic rings. The standard InChI is InChI=1S/C12H18N2S.ClH/c1-10(13)9-14-7-4-8-15-12-6-3-2-5-11(12)14;/h2-3,5-6,10H,4,7-9,13H2,1H3;1H. The van der Waals surface area contributed by atoms with E-state index in [1.54, 1.807) is 0 Å². The molecule has 1 unspecified atom stereocenters. The van der Waals surface area contributed by atoms with Crippen LogP contribution in [0, 0.1) is 0 Å². The molecule has 90 valence electrons. The van der Waals surface area contributed by atoms with Gasteiger partial charge in [0.2, 0.25) is 0 Å². The summed E-state index contributed by atoms with van der Waals surface area (Å²) < 4.78 is 0. The molecular weight excluding hydrogens is 240 g/mol. The van der Waals surface area contributed by atoms with Crippen LogP contribution in [0.5, 0.6) is 0 Å². The normalized spacial score (nSPS) is 17.0. The van der Waals surface area contributed by atoms with E-state index in [1.807, 2.05) is 11.8 Å².